The highest BCUT2D eigenvalue weighted by molar-refractivity contribution is 7.89. The van der Waals surface area contributed by atoms with Gasteiger partial charge in [-0.25, -0.2) is 22.8 Å². The third-order valence-electron chi connectivity index (χ3n) is 3.65. The number of nitrogens with zero attached hydrogens (tertiary/aromatic N) is 3. The van der Waals surface area contributed by atoms with Gasteiger partial charge in [0.2, 0.25) is 10.0 Å². The number of hydrogen-bond donors (Lipinski definition) is 0. The molecular formula is C15H16FN3O4S. The van der Waals surface area contributed by atoms with Crippen LogP contribution in [0.4, 0.5) is 4.39 Å². The van der Waals surface area contributed by atoms with Crippen LogP contribution in [0.5, 0.6) is 11.8 Å². The highest BCUT2D eigenvalue weighted by atomic mass is 32.2. The predicted octanol–water partition coefficient (Wildman–Crippen LogP) is 1.47. The Morgan fingerprint density at radius 3 is 2.71 bits per heavy atom. The Bertz CT molecular complexity index is 831. The largest absolute Gasteiger partial charge is 0.477 e. The number of benzene rings is 1. The first kappa shape index (κ1) is 16.6. The topological polar surface area (TPSA) is 81.6 Å². The predicted molar refractivity (Wildman–Crippen MR) is 82.8 cm³/mol. The Morgan fingerprint density at radius 1 is 1.25 bits per heavy atom. The van der Waals surface area contributed by atoms with Crippen molar-refractivity contribution in [1.29, 1.82) is 0 Å². The molecule has 1 aromatic carbocycles. The van der Waals surface area contributed by atoms with Gasteiger partial charge in [0.05, 0.1) is 18.6 Å². The number of sulfonamides is 1. The zero-order chi connectivity index (χ0) is 17.2. The first-order valence-corrected chi connectivity index (χ1v) is 8.72. The van der Waals surface area contributed by atoms with Gasteiger partial charge in [-0.3, -0.25) is 0 Å². The third kappa shape index (κ3) is 3.31. The Labute approximate surface area is 139 Å². The summed E-state index contributed by atoms with van der Waals surface area (Å²) in [4.78, 5) is 7.95. The van der Waals surface area contributed by atoms with Crippen LogP contribution in [0.2, 0.25) is 0 Å². The molecule has 1 unspecified atom stereocenters. The number of methoxy groups -OCH3 is 1. The SMILES string of the molecule is COc1nccnc1OC1CCN(S(=O)(=O)c2cccc(F)c2)C1. The maximum atomic E-state index is 13.3. The lowest BCUT2D eigenvalue weighted by Gasteiger charge is -2.17. The number of aromatic nitrogens is 2. The molecule has 2 aromatic rings. The highest BCUT2D eigenvalue weighted by Crippen LogP contribution is 2.26. The lowest BCUT2D eigenvalue weighted by atomic mass is 10.3. The van der Waals surface area contributed by atoms with Crippen LogP contribution in [-0.2, 0) is 10.0 Å². The standard InChI is InChI=1S/C15H16FN3O4S/c1-22-14-15(18-7-6-17-14)23-12-5-8-19(10-12)24(20,21)13-4-2-3-11(16)9-13/h2-4,6-7,9,12H,5,8,10H2,1H3. The Morgan fingerprint density at radius 2 is 2.00 bits per heavy atom. The molecule has 24 heavy (non-hydrogen) atoms. The van der Waals surface area contributed by atoms with Gasteiger partial charge in [-0.15, -0.1) is 0 Å². The molecule has 0 radical (unpaired) electrons. The van der Waals surface area contributed by atoms with Crippen LogP contribution in [-0.4, -0.2) is 49.0 Å². The molecule has 0 amide bonds. The van der Waals surface area contributed by atoms with E-state index in [0.29, 0.717) is 6.42 Å². The molecule has 0 spiro atoms. The van der Waals surface area contributed by atoms with E-state index < -0.39 is 15.8 Å². The molecule has 0 N–H and O–H groups in total. The van der Waals surface area contributed by atoms with E-state index in [1.807, 2.05) is 0 Å². The fourth-order valence-corrected chi connectivity index (χ4v) is 4.00. The van der Waals surface area contributed by atoms with Crippen LogP contribution in [0.25, 0.3) is 0 Å². The second-order valence-corrected chi connectivity index (χ2v) is 7.16. The normalized spacial score (nSPS) is 18.5. The van der Waals surface area contributed by atoms with Crippen molar-refractivity contribution in [3.8, 4) is 11.8 Å². The van der Waals surface area contributed by atoms with Gasteiger partial charge in [0.25, 0.3) is 11.8 Å². The van der Waals surface area contributed by atoms with Gasteiger partial charge in [0.1, 0.15) is 11.9 Å². The zero-order valence-electron chi connectivity index (χ0n) is 12.9. The van der Waals surface area contributed by atoms with Gasteiger partial charge in [-0.2, -0.15) is 4.31 Å². The lowest BCUT2D eigenvalue weighted by Crippen LogP contribution is -2.31. The molecule has 0 bridgehead atoms. The summed E-state index contributed by atoms with van der Waals surface area (Å²) in [5.41, 5.74) is 0. The van der Waals surface area contributed by atoms with Crippen molar-refractivity contribution in [1.82, 2.24) is 14.3 Å². The second-order valence-electron chi connectivity index (χ2n) is 5.22. The van der Waals surface area contributed by atoms with E-state index in [1.54, 1.807) is 0 Å². The number of halogens is 1. The van der Waals surface area contributed by atoms with Gasteiger partial charge in [-0.1, -0.05) is 6.07 Å². The fraction of sp³-hybridized carbons (Fsp3) is 0.333. The van der Waals surface area contributed by atoms with E-state index in [2.05, 4.69) is 9.97 Å². The molecule has 1 saturated heterocycles. The third-order valence-corrected chi connectivity index (χ3v) is 5.51. The van der Waals surface area contributed by atoms with E-state index >= 15 is 0 Å². The summed E-state index contributed by atoms with van der Waals surface area (Å²) in [5.74, 6) is -0.133. The van der Waals surface area contributed by atoms with Crippen LogP contribution in [0, 0.1) is 5.82 Å². The minimum absolute atomic E-state index is 0.0692. The van der Waals surface area contributed by atoms with Crippen LogP contribution in [0.3, 0.4) is 0 Å². The molecule has 1 aliphatic rings. The van der Waals surface area contributed by atoms with Gasteiger partial charge in [0, 0.05) is 18.9 Å². The summed E-state index contributed by atoms with van der Waals surface area (Å²) in [5, 5.41) is 0. The first-order chi connectivity index (χ1) is 11.5. The summed E-state index contributed by atoms with van der Waals surface area (Å²) in [6, 6.07) is 4.96. The summed E-state index contributed by atoms with van der Waals surface area (Å²) in [6.45, 7) is 0.435. The monoisotopic (exact) mass is 353 g/mol. The highest BCUT2D eigenvalue weighted by Gasteiger charge is 2.34. The fourth-order valence-electron chi connectivity index (χ4n) is 2.48. The Hall–Kier alpha value is -2.26. The molecular weight excluding hydrogens is 337 g/mol. The molecule has 1 aliphatic heterocycles. The van der Waals surface area contributed by atoms with Gasteiger partial charge in [0.15, 0.2) is 0 Å². The van der Waals surface area contributed by atoms with Crippen molar-refractivity contribution in [2.45, 2.75) is 17.4 Å². The average molecular weight is 353 g/mol. The van der Waals surface area contributed by atoms with Crippen molar-refractivity contribution in [2.24, 2.45) is 0 Å². The van der Waals surface area contributed by atoms with E-state index in [4.69, 9.17) is 9.47 Å². The smallest absolute Gasteiger partial charge is 0.278 e. The van der Waals surface area contributed by atoms with Crippen molar-refractivity contribution < 1.29 is 22.3 Å². The van der Waals surface area contributed by atoms with Crippen LogP contribution < -0.4 is 9.47 Å². The van der Waals surface area contributed by atoms with Crippen molar-refractivity contribution in [2.75, 3.05) is 20.2 Å². The quantitative estimate of drug-likeness (QED) is 0.810. The van der Waals surface area contributed by atoms with Crippen molar-refractivity contribution in [3.63, 3.8) is 0 Å². The summed E-state index contributed by atoms with van der Waals surface area (Å²) in [7, 11) is -2.31. The summed E-state index contributed by atoms with van der Waals surface area (Å²) >= 11 is 0. The van der Waals surface area contributed by atoms with Gasteiger partial charge in [-0.05, 0) is 24.6 Å². The molecule has 3 rings (SSSR count). The average Bonchev–Trinajstić information content (AvgIpc) is 3.05. The second kappa shape index (κ2) is 6.70. The Balaban J connectivity index is 1.73. The van der Waals surface area contributed by atoms with Crippen LogP contribution in [0.15, 0.2) is 41.6 Å². The van der Waals surface area contributed by atoms with Crippen molar-refractivity contribution in [3.05, 3.63) is 42.5 Å². The first-order valence-electron chi connectivity index (χ1n) is 7.28. The Kier molecular flexibility index (Phi) is 4.63. The molecule has 1 atom stereocenters. The number of rotatable bonds is 5. The minimum Gasteiger partial charge on any atom is -0.477 e. The maximum Gasteiger partial charge on any atom is 0.278 e. The van der Waals surface area contributed by atoms with Gasteiger partial charge < -0.3 is 9.47 Å². The molecule has 7 nitrogen and oxygen atoms in total. The zero-order valence-corrected chi connectivity index (χ0v) is 13.7. The number of ether oxygens (including phenoxy) is 2. The van der Waals surface area contributed by atoms with E-state index in [0.717, 1.165) is 6.07 Å². The van der Waals surface area contributed by atoms with Crippen molar-refractivity contribution >= 4 is 10.0 Å². The molecule has 0 aliphatic carbocycles. The minimum atomic E-state index is -3.76. The van der Waals surface area contributed by atoms with Crippen LogP contribution in [0.1, 0.15) is 6.42 Å². The molecule has 2 heterocycles. The molecule has 128 valence electrons. The molecule has 1 fully saturated rings. The van der Waals surface area contributed by atoms with E-state index in [1.165, 1.54) is 42.0 Å². The molecule has 0 saturated carbocycles. The lowest BCUT2D eigenvalue weighted by molar-refractivity contribution is 0.194. The molecule has 1 aromatic heterocycles. The number of hydrogen-bond acceptors (Lipinski definition) is 6. The maximum absolute atomic E-state index is 13.3. The summed E-state index contributed by atoms with van der Waals surface area (Å²) < 4.78 is 50.4. The van der Waals surface area contributed by atoms with Crippen LogP contribution >= 0.6 is 0 Å². The van der Waals surface area contributed by atoms with E-state index in [9.17, 15) is 12.8 Å². The summed E-state index contributed by atoms with van der Waals surface area (Å²) in [6.07, 6.45) is 3.06. The van der Waals surface area contributed by atoms with Gasteiger partial charge >= 0.3 is 0 Å². The molecule has 9 heteroatoms. The van der Waals surface area contributed by atoms with E-state index in [-0.39, 0.29) is 35.8 Å².